The Morgan fingerprint density at radius 3 is 2.62 bits per heavy atom. The van der Waals surface area contributed by atoms with Gasteiger partial charge in [0.05, 0.1) is 24.1 Å². The number of ether oxygens (including phenoxy) is 1. The lowest BCUT2D eigenvalue weighted by atomic mass is 10.1. The number of carbonyl (C=O) groups is 2. The lowest BCUT2D eigenvalue weighted by molar-refractivity contribution is -0.137. The van der Waals surface area contributed by atoms with E-state index < -0.39 is 0 Å². The topological polar surface area (TPSA) is 86.1 Å². The van der Waals surface area contributed by atoms with Crippen LogP contribution in [0.3, 0.4) is 0 Å². The van der Waals surface area contributed by atoms with E-state index in [2.05, 4.69) is 15.4 Å². The molecule has 7 nitrogen and oxygen atoms in total. The monoisotopic (exact) mass is 392 g/mol. The molecule has 3 aromatic rings. The van der Waals surface area contributed by atoms with Gasteiger partial charge in [-0.1, -0.05) is 12.1 Å². The minimum absolute atomic E-state index is 0.190. The largest absolute Gasteiger partial charge is 0.463 e. The standard InChI is InChI=1S/C22H24N4O3/c1-5-29-20(27)11-8-16-6-9-18(10-7-16)25-22(28)19-12-17-13-23-26(14(2)3)21(17)24-15(19)4/h6-14H,5H2,1-4H3,(H,25,28)/b11-8+. The molecule has 1 aromatic carbocycles. The fraction of sp³-hybridized carbons (Fsp3) is 0.273. The molecule has 0 spiro atoms. The summed E-state index contributed by atoms with van der Waals surface area (Å²) >= 11 is 0. The highest BCUT2D eigenvalue weighted by Crippen LogP contribution is 2.20. The van der Waals surface area contributed by atoms with Crippen molar-refractivity contribution in [2.75, 3.05) is 11.9 Å². The minimum atomic E-state index is -0.385. The Labute approximate surface area is 169 Å². The average Bonchev–Trinajstić information content (AvgIpc) is 3.10. The normalized spacial score (nSPS) is 11.3. The van der Waals surface area contributed by atoms with Crippen molar-refractivity contribution >= 4 is 34.7 Å². The van der Waals surface area contributed by atoms with Gasteiger partial charge in [0, 0.05) is 23.2 Å². The summed E-state index contributed by atoms with van der Waals surface area (Å²) in [6.45, 7) is 7.99. The molecular formula is C22H24N4O3. The van der Waals surface area contributed by atoms with E-state index in [1.54, 1.807) is 31.3 Å². The van der Waals surface area contributed by atoms with Crippen LogP contribution in [0.25, 0.3) is 17.1 Å². The third kappa shape index (κ3) is 4.68. The molecule has 29 heavy (non-hydrogen) atoms. The summed E-state index contributed by atoms with van der Waals surface area (Å²) in [6.07, 6.45) is 4.76. The van der Waals surface area contributed by atoms with Crippen LogP contribution in [0.4, 0.5) is 5.69 Å². The van der Waals surface area contributed by atoms with Crippen molar-refractivity contribution in [3.63, 3.8) is 0 Å². The number of fused-ring (bicyclic) bond motifs is 1. The molecule has 0 saturated carbocycles. The zero-order valence-corrected chi connectivity index (χ0v) is 17.0. The number of hydrogen-bond donors (Lipinski definition) is 1. The summed E-state index contributed by atoms with van der Waals surface area (Å²) < 4.78 is 6.69. The van der Waals surface area contributed by atoms with Gasteiger partial charge in [0.15, 0.2) is 5.65 Å². The van der Waals surface area contributed by atoms with E-state index >= 15 is 0 Å². The van der Waals surface area contributed by atoms with Gasteiger partial charge in [0.25, 0.3) is 5.91 Å². The molecule has 0 aliphatic carbocycles. The number of carbonyl (C=O) groups excluding carboxylic acids is 2. The van der Waals surface area contributed by atoms with Crippen LogP contribution in [-0.2, 0) is 9.53 Å². The lowest BCUT2D eigenvalue weighted by Crippen LogP contribution is -2.14. The molecule has 2 aromatic heterocycles. The van der Waals surface area contributed by atoms with E-state index in [1.165, 1.54) is 6.08 Å². The number of nitrogens with zero attached hydrogens (tertiary/aromatic N) is 3. The number of benzene rings is 1. The van der Waals surface area contributed by atoms with Crippen molar-refractivity contribution in [3.05, 3.63) is 59.4 Å². The molecule has 3 rings (SSSR count). The zero-order valence-electron chi connectivity index (χ0n) is 17.0. The van der Waals surface area contributed by atoms with E-state index in [4.69, 9.17) is 4.74 Å². The van der Waals surface area contributed by atoms with Gasteiger partial charge < -0.3 is 10.1 Å². The summed E-state index contributed by atoms with van der Waals surface area (Å²) in [6, 6.07) is 9.19. The molecule has 0 fully saturated rings. The Morgan fingerprint density at radius 1 is 1.24 bits per heavy atom. The van der Waals surface area contributed by atoms with Crippen molar-refractivity contribution in [1.29, 1.82) is 0 Å². The Morgan fingerprint density at radius 2 is 1.97 bits per heavy atom. The van der Waals surface area contributed by atoms with Crippen LogP contribution in [0.15, 0.2) is 42.6 Å². The number of aromatic nitrogens is 3. The fourth-order valence-electron chi connectivity index (χ4n) is 2.90. The molecule has 0 aliphatic rings. The van der Waals surface area contributed by atoms with Gasteiger partial charge in [-0.05, 0) is 57.5 Å². The Hall–Kier alpha value is -3.48. The van der Waals surface area contributed by atoms with Crippen LogP contribution in [0.5, 0.6) is 0 Å². The second-order valence-corrected chi connectivity index (χ2v) is 6.88. The Balaban J connectivity index is 1.75. The first kappa shape index (κ1) is 20.3. The highest BCUT2D eigenvalue weighted by Gasteiger charge is 2.15. The van der Waals surface area contributed by atoms with Crippen LogP contribution in [0, 0.1) is 6.92 Å². The van der Waals surface area contributed by atoms with Crippen molar-refractivity contribution in [3.8, 4) is 0 Å². The smallest absolute Gasteiger partial charge is 0.330 e. The minimum Gasteiger partial charge on any atom is -0.463 e. The van der Waals surface area contributed by atoms with Crippen molar-refractivity contribution in [1.82, 2.24) is 14.8 Å². The molecule has 0 unspecified atom stereocenters. The summed E-state index contributed by atoms with van der Waals surface area (Å²) in [5.74, 6) is -0.618. The number of aryl methyl sites for hydroxylation is 1. The van der Waals surface area contributed by atoms with Crippen LogP contribution in [0.1, 0.15) is 48.4 Å². The van der Waals surface area contributed by atoms with Crippen molar-refractivity contribution < 1.29 is 14.3 Å². The maximum absolute atomic E-state index is 12.7. The molecule has 0 bridgehead atoms. The second-order valence-electron chi connectivity index (χ2n) is 6.88. The van der Waals surface area contributed by atoms with Gasteiger partial charge in [-0.15, -0.1) is 0 Å². The number of anilines is 1. The molecule has 0 saturated heterocycles. The first-order valence-corrected chi connectivity index (χ1v) is 9.50. The van der Waals surface area contributed by atoms with E-state index in [-0.39, 0.29) is 17.9 Å². The van der Waals surface area contributed by atoms with Crippen LogP contribution in [0.2, 0.25) is 0 Å². The maximum Gasteiger partial charge on any atom is 0.330 e. The van der Waals surface area contributed by atoms with E-state index in [0.29, 0.717) is 23.6 Å². The van der Waals surface area contributed by atoms with Crippen LogP contribution >= 0.6 is 0 Å². The highest BCUT2D eigenvalue weighted by atomic mass is 16.5. The van der Waals surface area contributed by atoms with Gasteiger partial charge >= 0.3 is 5.97 Å². The first-order chi connectivity index (χ1) is 13.9. The Kier molecular flexibility index (Phi) is 6.07. The van der Waals surface area contributed by atoms with Gasteiger partial charge in [0.1, 0.15) is 0 Å². The van der Waals surface area contributed by atoms with Crippen LogP contribution < -0.4 is 5.32 Å². The number of esters is 1. The summed E-state index contributed by atoms with van der Waals surface area (Å²) in [7, 11) is 0. The number of hydrogen-bond acceptors (Lipinski definition) is 5. The molecule has 1 N–H and O–H groups in total. The second kappa shape index (κ2) is 8.68. The highest BCUT2D eigenvalue weighted by molar-refractivity contribution is 6.06. The summed E-state index contributed by atoms with van der Waals surface area (Å²) in [5.41, 5.74) is 3.40. The third-order valence-corrected chi connectivity index (χ3v) is 4.36. The summed E-state index contributed by atoms with van der Waals surface area (Å²) in [4.78, 5) is 28.7. The molecule has 1 amide bonds. The van der Waals surface area contributed by atoms with Crippen LogP contribution in [-0.4, -0.2) is 33.2 Å². The SMILES string of the molecule is CCOC(=O)/C=C/c1ccc(NC(=O)c2cc3cnn(C(C)C)c3nc2C)cc1. The van der Waals surface area contributed by atoms with Crippen molar-refractivity contribution in [2.24, 2.45) is 0 Å². The predicted octanol–water partition coefficient (Wildman–Crippen LogP) is 4.15. The van der Waals surface area contributed by atoms with E-state index in [1.807, 2.05) is 43.7 Å². The molecule has 0 radical (unpaired) electrons. The van der Waals surface area contributed by atoms with Gasteiger partial charge in [-0.25, -0.2) is 14.5 Å². The molecule has 7 heteroatoms. The lowest BCUT2D eigenvalue weighted by Gasteiger charge is -2.10. The van der Waals surface area contributed by atoms with E-state index in [9.17, 15) is 9.59 Å². The molecule has 2 heterocycles. The van der Waals surface area contributed by atoms with Gasteiger partial charge in [-0.3, -0.25) is 4.79 Å². The first-order valence-electron chi connectivity index (χ1n) is 9.50. The maximum atomic E-state index is 12.7. The fourth-order valence-corrected chi connectivity index (χ4v) is 2.90. The molecule has 0 atom stereocenters. The van der Waals surface area contributed by atoms with Gasteiger partial charge in [-0.2, -0.15) is 5.10 Å². The third-order valence-electron chi connectivity index (χ3n) is 4.36. The molecular weight excluding hydrogens is 368 g/mol. The summed E-state index contributed by atoms with van der Waals surface area (Å²) in [5, 5.41) is 8.07. The predicted molar refractivity (Wildman–Crippen MR) is 113 cm³/mol. The molecule has 150 valence electrons. The number of nitrogens with one attached hydrogen (secondary N) is 1. The molecule has 0 aliphatic heterocycles. The van der Waals surface area contributed by atoms with E-state index in [0.717, 1.165) is 16.6 Å². The number of pyridine rings is 1. The quantitative estimate of drug-likeness (QED) is 0.503. The van der Waals surface area contributed by atoms with Gasteiger partial charge in [0.2, 0.25) is 0 Å². The zero-order chi connectivity index (χ0) is 21.0. The number of rotatable bonds is 6. The average molecular weight is 392 g/mol. The van der Waals surface area contributed by atoms with Crippen molar-refractivity contribution in [2.45, 2.75) is 33.7 Å². The Bertz CT molecular complexity index is 1070. The number of amides is 1.